The Morgan fingerprint density at radius 1 is 1.04 bits per heavy atom. The normalized spacial score (nSPS) is 10.6. The second-order valence-electron chi connectivity index (χ2n) is 5.28. The highest BCUT2D eigenvalue weighted by Gasteiger charge is 2.11. The quantitative estimate of drug-likeness (QED) is 0.472. The first kappa shape index (κ1) is 18.8. The zero-order valence-corrected chi connectivity index (χ0v) is 16.6. The lowest BCUT2D eigenvalue weighted by Gasteiger charge is -2.10. The Morgan fingerprint density at radius 3 is 2.65 bits per heavy atom. The van der Waals surface area contributed by atoms with E-state index in [1.165, 1.54) is 11.3 Å². The first-order chi connectivity index (χ1) is 12.6. The number of ether oxygens (including phenoxy) is 3. The Hall–Kier alpha value is -1.95. The molecule has 0 N–H and O–H groups in total. The molecular weight excluding hydrogens is 393 g/mol. The Bertz CT molecular complexity index is 898. The van der Waals surface area contributed by atoms with E-state index in [1.807, 2.05) is 30.5 Å². The van der Waals surface area contributed by atoms with Gasteiger partial charge in [-0.25, -0.2) is 4.98 Å². The van der Waals surface area contributed by atoms with Crippen molar-refractivity contribution < 1.29 is 14.2 Å². The van der Waals surface area contributed by atoms with E-state index in [-0.39, 0.29) is 0 Å². The van der Waals surface area contributed by atoms with E-state index in [1.54, 1.807) is 25.3 Å². The molecule has 1 heterocycles. The van der Waals surface area contributed by atoms with Crippen LogP contribution in [0.15, 0.2) is 41.8 Å². The van der Waals surface area contributed by atoms with Crippen molar-refractivity contribution >= 4 is 34.5 Å². The van der Waals surface area contributed by atoms with Crippen LogP contribution in [-0.2, 0) is 6.61 Å². The van der Waals surface area contributed by atoms with Crippen molar-refractivity contribution in [3.05, 3.63) is 57.5 Å². The average molecular weight is 410 g/mol. The van der Waals surface area contributed by atoms with Crippen LogP contribution in [-0.4, -0.2) is 18.7 Å². The van der Waals surface area contributed by atoms with Crippen molar-refractivity contribution in [2.45, 2.75) is 13.5 Å². The molecule has 136 valence electrons. The molecule has 26 heavy (non-hydrogen) atoms. The van der Waals surface area contributed by atoms with Crippen LogP contribution in [0.2, 0.25) is 10.0 Å². The number of thiazole rings is 1. The van der Waals surface area contributed by atoms with Gasteiger partial charge in [-0.15, -0.1) is 11.3 Å². The van der Waals surface area contributed by atoms with E-state index in [9.17, 15) is 0 Å². The number of hydrogen-bond acceptors (Lipinski definition) is 5. The SMILES string of the molecule is CCOc1ccc(-c2nc(COc3cccc(Cl)c3Cl)cs2)cc1OC. The zero-order valence-electron chi connectivity index (χ0n) is 14.3. The van der Waals surface area contributed by atoms with E-state index < -0.39 is 0 Å². The molecule has 0 radical (unpaired) electrons. The predicted molar refractivity (Wildman–Crippen MR) is 106 cm³/mol. The van der Waals surface area contributed by atoms with Crippen LogP contribution in [0.5, 0.6) is 17.2 Å². The molecular formula is C19H17Cl2NO3S. The summed E-state index contributed by atoms with van der Waals surface area (Å²) in [5.41, 5.74) is 1.77. The van der Waals surface area contributed by atoms with Crippen LogP contribution in [0, 0.1) is 0 Å². The standard InChI is InChI=1S/C19H17Cl2NO3S/c1-3-24-15-8-7-12(9-17(15)23-2)19-22-13(11-26-19)10-25-16-6-4-5-14(20)18(16)21/h4-9,11H,3,10H2,1-2H3. The molecule has 0 fully saturated rings. The molecule has 7 heteroatoms. The van der Waals surface area contributed by atoms with Crippen LogP contribution < -0.4 is 14.2 Å². The van der Waals surface area contributed by atoms with Crippen LogP contribution in [0.25, 0.3) is 10.6 Å². The minimum absolute atomic E-state index is 0.310. The first-order valence-corrected chi connectivity index (χ1v) is 9.58. The third-order valence-corrected chi connectivity index (χ3v) is 5.30. The van der Waals surface area contributed by atoms with Gasteiger partial charge in [-0.1, -0.05) is 29.3 Å². The van der Waals surface area contributed by atoms with Gasteiger partial charge in [-0.2, -0.15) is 0 Å². The Labute approximate surface area is 166 Å². The van der Waals surface area contributed by atoms with Crippen LogP contribution in [0.3, 0.4) is 0 Å². The Morgan fingerprint density at radius 2 is 1.88 bits per heavy atom. The molecule has 1 aromatic heterocycles. The van der Waals surface area contributed by atoms with Gasteiger partial charge in [-0.3, -0.25) is 0 Å². The second-order valence-corrected chi connectivity index (χ2v) is 6.93. The number of benzene rings is 2. The molecule has 2 aromatic carbocycles. The van der Waals surface area contributed by atoms with Gasteiger partial charge in [0.15, 0.2) is 11.5 Å². The number of hydrogen-bond donors (Lipinski definition) is 0. The number of aromatic nitrogens is 1. The molecule has 0 bridgehead atoms. The molecule has 0 saturated carbocycles. The summed E-state index contributed by atoms with van der Waals surface area (Å²) < 4.78 is 16.7. The molecule has 0 aliphatic carbocycles. The molecule has 0 aliphatic heterocycles. The number of nitrogens with zero attached hydrogens (tertiary/aromatic N) is 1. The van der Waals surface area contributed by atoms with Gasteiger partial charge in [0.1, 0.15) is 22.4 Å². The molecule has 3 aromatic rings. The highest BCUT2D eigenvalue weighted by atomic mass is 35.5. The molecule has 0 atom stereocenters. The minimum Gasteiger partial charge on any atom is -0.493 e. The summed E-state index contributed by atoms with van der Waals surface area (Å²) in [6.45, 7) is 2.83. The van der Waals surface area contributed by atoms with Gasteiger partial charge in [0, 0.05) is 10.9 Å². The van der Waals surface area contributed by atoms with E-state index in [4.69, 9.17) is 37.4 Å². The summed E-state index contributed by atoms with van der Waals surface area (Å²) in [6, 6.07) is 11.1. The van der Waals surface area contributed by atoms with Gasteiger partial charge in [0.2, 0.25) is 0 Å². The summed E-state index contributed by atoms with van der Waals surface area (Å²) in [6.07, 6.45) is 0. The second kappa shape index (κ2) is 8.62. The van der Waals surface area contributed by atoms with E-state index in [0.29, 0.717) is 34.8 Å². The minimum atomic E-state index is 0.310. The molecule has 0 unspecified atom stereocenters. The molecule has 0 aliphatic rings. The fraction of sp³-hybridized carbons (Fsp3) is 0.211. The maximum absolute atomic E-state index is 6.13. The highest BCUT2D eigenvalue weighted by Crippen LogP contribution is 2.35. The maximum atomic E-state index is 6.13. The van der Waals surface area contributed by atoms with Crippen molar-refractivity contribution in [3.8, 4) is 27.8 Å². The van der Waals surface area contributed by atoms with Crippen molar-refractivity contribution in [1.29, 1.82) is 0 Å². The van der Waals surface area contributed by atoms with Crippen molar-refractivity contribution in [2.75, 3.05) is 13.7 Å². The monoisotopic (exact) mass is 409 g/mol. The lowest BCUT2D eigenvalue weighted by Crippen LogP contribution is -1.97. The lowest BCUT2D eigenvalue weighted by atomic mass is 10.2. The van der Waals surface area contributed by atoms with Gasteiger partial charge >= 0.3 is 0 Å². The van der Waals surface area contributed by atoms with E-state index in [2.05, 4.69) is 4.98 Å². The van der Waals surface area contributed by atoms with E-state index >= 15 is 0 Å². The molecule has 4 nitrogen and oxygen atoms in total. The number of methoxy groups -OCH3 is 1. The summed E-state index contributed by atoms with van der Waals surface area (Å²) in [5.74, 6) is 1.94. The van der Waals surface area contributed by atoms with Gasteiger partial charge in [0.25, 0.3) is 0 Å². The van der Waals surface area contributed by atoms with Crippen LogP contribution in [0.4, 0.5) is 0 Å². The van der Waals surface area contributed by atoms with Gasteiger partial charge < -0.3 is 14.2 Å². The van der Waals surface area contributed by atoms with Gasteiger partial charge in [-0.05, 0) is 37.3 Å². The lowest BCUT2D eigenvalue weighted by molar-refractivity contribution is 0.302. The largest absolute Gasteiger partial charge is 0.493 e. The smallest absolute Gasteiger partial charge is 0.161 e. The van der Waals surface area contributed by atoms with Gasteiger partial charge in [0.05, 0.1) is 24.4 Å². The predicted octanol–water partition coefficient (Wildman–Crippen LogP) is 6.10. The molecule has 0 amide bonds. The van der Waals surface area contributed by atoms with Crippen LogP contribution >= 0.6 is 34.5 Å². The fourth-order valence-corrected chi connectivity index (χ4v) is 3.48. The maximum Gasteiger partial charge on any atom is 0.161 e. The average Bonchev–Trinajstić information content (AvgIpc) is 3.12. The summed E-state index contributed by atoms with van der Waals surface area (Å²) in [7, 11) is 1.62. The van der Waals surface area contributed by atoms with Crippen molar-refractivity contribution in [3.63, 3.8) is 0 Å². The Balaban J connectivity index is 1.74. The summed E-state index contributed by atoms with van der Waals surface area (Å²) in [5, 5.41) is 3.70. The molecule has 0 spiro atoms. The summed E-state index contributed by atoms with van der Waals surface area (Å²) in [4.78, 5) is 4.62. The zero-order chi connectivity index (χ0) is 18.5. The van der Waals surface area contributed by atoms with Crippen molar-refractivity contribution in [1.82, 2.24) is 4.98 Å². The number of halogens is 2. The Kier molecular flexibility index (Phi) is 6.25. The van der Waals surface area contributed by atoms with Crippen molar-refractivity contribution in [2.24, 2.45) is 0 Å². The molecule has 0 saturated heterocycles. The topological polar surface area (TPSA) is 40.6 Å². The number of rotatable bonds is 7. The van der Waals surface area contributed by atoms with E-state index in [0.717, 1.165) is 22.0 Å². The van der Waals surface area contributed by atoms with Crippen LogP contribution in [0.1, 0.15) is 12.6 Å². The third-order valence-electron chi connectivity index (χ3n) is 3.55. The third kappa shape index (κ3) is 4.23. The highest BCUT2D eigenvalue weighted by molar-refractivity contribution is 7.13. The first-order valence-electron chi connectivity index (χ1n) is 7.94. The fourth-order valence-electron chi connectivity index (χ4n) is 2.33. The molecule has 3 rings (SSSR count). The summed E-state index contributed by atoms with van der Waals surface area (Å²) >= 11 is 13.7.